The molecule has 98 valence electrons. The number of carbonyl (C=O) groups is 1. The fourth-order valence-corrected chi connectivity index (χ4v) is 2.22. The first-order chi connectivity index (χ1) is 8.72. The number of hydrogen-bond acceptors (Lipinski definition) is 3. The first kappa shape index (κ1) is 12.9. The van der Waals surface area contributed by atoms with Crippen LogP contribution < -0.4 is 10.1 Å². The van der Waals surface area contributed by atoms with Crippen molar-refractivity contribution in [1.29, 1.82) is 0 Å². The molecule has 4 nitrogen and oxygen atoms in total. The van der Waals surface area contributed by atoms with E-state index in [0.717, 1.165) is 37.4 Å². The standard InChI is InChI=1S/C14H20N2O2/c1-11-10-15-8-3-9-16(11)14(17)12-4-6-13(18-2)7-5-12/h4-7,11,15H,3,8-10H2,1-2H3. The number of nitrogens with zero attached hydrogens (tertiary/aromatic N) is 1. The number of ether oxygens (including phenoxy) is 1. The van der Waals surface area contributed by atoms with Gasteiger partial charge in [0.1, 0.15) is 5.75 Å². The van der Waals surface area contributed by atoms with Gasteiger partial charge in [0.05, 0.1) is 7.11 Å². The van der Waals surface area contributed by atoms with Crippen LogP contribution in [0.5, 0.6) is 5.75 Å². The number of hydrogen-bond donors (Lipinski definition) is 1. The second-order valence-electron chi connectivity index (χ2n) is 4.63. The number of nitrogens with one attached hydrogen (secondary N) is 1. The van der Waals surface area contributed by atoms with Crippen LogP contribution in [0.3, 0.4) is 0 Å². The maximum Gasteiger partial charge on any atom is 0.254 e. The third kappa shape index (κ3) is 2.82. The highest BCUT2D eigenvalue weighted by Crippen LogP contribution is 2.15. The Morgan fingerprint density at radius 1 is 1.39 bits per heavy atom. The largest absolute Gasteiger partial charge is 0.497 e. The van der Waals surface area contributed by atoms with E-state index in [1.807, 2.05) is 29.2 Å². The number of rotatable bonds is 2. The highest BCUT2D eigenvalue weighted by molar-refractivity contribution is 5.94. The molecule has 0 aromatic heterocycles. The van der Waals surface area contributed by atoms with Crippen LogP contribution in [0.1, 0.15) is 23.7 Å². The van der Waals surface area contributed by atoms with Crippen LogP contribution in [0.2, 0.25) is 0 Å². The van der Waals surface area contributed by atoms with Gasteiger partial charge < -0.3 is 15.0 Å². The average molecular weight is 248 g/mol. The maximum atomic E-state index is 12.4. The number of carbonyl (C=O) groups excluding carboxylic acids is 1. The van der Waals surface area contributed by atoms with E-state index in [1.54, 1.807) is 7.11 Å². The van der Waals surface area contributed by atoms with Crippen LogP contribution in [-0.2, 0) is 0 Å². The molecule has 2 rings (SSSR count). The predicted molar refractivity (Wildman–Crippen MR) is 71.0 cm³/mol. The topological polar surface area (TPSA) is 41.6 Å². The van der Waals surface area contributed by atoms with Crippen molar-refractivity contribution >= 4 is 5.91 Å². The van der Waals surface area contributed by atoms with Gasteiger partial charge in [-0.25, -0.2) is 0 Å². The fraction of sp³-hybridized carbons (Fsp3) is 0.500. The summed E-state index contributed by atoms with van der Waals surface area (Å²) in [7, 11) is 1.62. The molecule has 0 saturated carbocycles. The summed E-state index contributed by atoms with van der Waals surface area (Å²) in [5.41, 5.74) is 0.726. The average Bonchev–Trinajstić information content (AvgIpc) is 2.63. The lowest BCUT2D eigenvalue weighted by atomic mass is 10.1. The molecule has 1 aromatic rings. The summed E-state index contributed by atoms with van der Waals surface area (Å²) in [6, 6.07) is 7.54. The molecular weight excluding hydrogens is 228 g/mol. The Hall–Kier alpha value is -1.55. The van der Waals surface area contributed by atoms with Crippen molar-refractivity contribution in [3.63, 3.8) is 0 Å². The van der Waals surface area contributed by atoms with E-state index in [2.05, 4.69) is 12.2 Å². The molecule has 1 saturated heterocycles. The van der Waals surface area contributed by atoms with Gasteiger partial charge in [0.15, 0.2) is 0 Å². The van der Waals surface area contributed by atoms with Crippen LogP contribution in [0, 0.1) is 0 Å². The first-order valence-corrected chi connectivity index (χ1v) is 6.38. The van der Waals surface area contributed by atoms with Crippen LogP contribution >= 0.6 is 0 Å². The second-order valence-corrected chi connectivity index (χ2v) is 4.63. The van der Waals surface area contributed by atoms with Gasteiger partial charge in [-0.15, -0.1) is 0 Å². The van der Waals surface area contributed by atoms with Gasteiger partial charge in [-0.2, -0.15) is 0 Å². The minimum atomic E-state index is 0.105. The lowest BCUT2D eigenvalue weighted by molar-refractivity contribution is 0.0707. The van der Waals surface area contributed by atoms with E-state index in [0.29, 0.717) is 0 Å². The third-order valence-corrected chi connectivity index (χ3v) is 3.32. The van der Waals surface area contributed by atoms with Crippen molar-refractivity contribution in [3.8, 4) is 5.75 Å². The minimum absolute atomic E-state index is 0.105. The summed E-state index contributed by atoms with van der Waals surface area (Å²) in [6.07, 6.45) is 1.01. The molecule has 0 aliphatic carbocycles. The quantitative estimate of drug-likeness (QED) is 0.862. The molecule has 0 bridgehead atoms. The molecule has 1 amide bonds. The van der Waals surface area contributed by atoms with Crippen LogP contribution in [0.25, 0.3) is 0 Å². The molecule has 1 N–H and O–H groups in total. The Kier molecular flexibility index (Phi) is 4.20. The number of amides is 1. The highest BCUT2D eigenvalue weighted by atomic mass is 16.5. The molecule has 1 fully saturated rings. The van der Waals surface area contributed by atoms with Crippen molar-refractivity contribution in [2.75, 3.05) is 26.7 Å². The van der Waals surface area contributed by atoms with Gasteiger partial charge in [0.2, 0.25) is 0 Å². The number of methoxy groups -OCH3 is 1. The monoisotopic (exact) mass is 248 g/mol. The van der Waals surface area contributed by atoms with E-state index in [4.69, 9.17) is 4.74 Å². The van der Waals surface area contributed by atoms with Gasteiger partial charge in [-0.1, -0.05) is 0 Å². The predicted octanol–water partition coefficient (Wildman–Crippen LogP) is 1.52. The first-order valence-electron chi connectivity index (χ1n) is 6.38. The van der Waals surface area contributed by atoms with Gasteiger partial charge in [-0.05, 0) is 44.2 Å². The van der Waals surface area contributed by atoms with E-state index in [-0.39, 0.29) is 11.9 Å². The summed E-state index contributed by atoms with van der Waals surface area (Å²) in [5, 5.41) is 3.34. The lowest BCUT2D eigenvalue weighted by Gasteiger charge is -2.27. The Morgan fingerprint density at radius 2 is 2.11 bits per heavy atom. The minimum Gasteiger partial charge on any atom is -0.497 e. The van der Waals surface area contributed by atoms with Crippen molar-refractivity contribution in [1.82, 2.24) is 10.2 Å². The zero-order valence-corrected chi connectivity index (χ0v) is 11.0. The molecule has 1 heterocycles. The fourth-order valence-electron chi connectivity index (χ4n) is 2.22. The molecule has 0 radical (unpaired) electrons. The zero-order valence-electron chi connectivity index (χ0n) is 11.0. The van der Waals surface area contributed by atoms with Gasteiger partial charge in [-0.3, -0.25) is 4.79 Å². The third-order valence-electron chi connectivity index (χ3n) is 3.32. The van der Waals surface area contributed by atoms with Gasteiger partial charge in [0.25, 0.3) is 5.91 Å². The Bertz CT molecular complexity index is 403. The van der Waals surface area contributed by atoms with Gasteiger partial charge in [0, 0.05) is 24.7 Å². The molecular formula is C14H20N2O2. The van der Waals surface area contributed by atoms with Crippen LogP contribution in [0.15, 0.2) is 24.3 Å². The zero-order chi connectivity index (χ0) is 13.0. The Morgan fingerprint density at radius 3 is 2.78 bits per heavy atom. The highest BCUT2D eigenvalue weighted by Gasteiger charge is 2.22. The van der Waals surface area contributed by atoms with E-state index in [9.17, 15) is 4.79 Å². The smallest absolute Gasteiger partial charge is 0.254 e. The summed E-state index contributed by atoms with van der Waals surface area (Å²) in [4.78, 5) is 14.4. The van der Waals surface area contributed by atoms with E-state index >= 15 is 0 Å². The van der Waals surface area contributed by atoms with Crippen molar-refractivity contribution in [2.24, 2.45) is 0 Å². The summed E-state index contributed by atoms with van der Waals surface area (Å²) in [6.45, 7) is 4.75. The second kappa shape index (κ2) is 5.87. The van der Waals surface area contributed by atoms with Crippen LogP contribution in [0.4, 0.5) is 0 Å². The SMILES string of the molecule is COc1ccc(C(=O)N2CCCNCC2C)cc1. The Labute approximate surface area is 108 Å². The summed E-state index contributed by atoms with van der Waals surface area (Å²) >= 11 is 0. The number of benzene rings is 1. The van der Waals surface area contributed by atoms with E-state index in [1.165, 1.54) is 0 Å². The van der Waals surface area contributed by atoms with Crippen molar-refractivity contribution in [2.45, 2.75) is 19.4 Å². The van der Waals surface area contributed by atoms with Crippen molar-refractivity contribution < 1.29 is 9.53 Å². The maximum absolute atomic E-state index is 12.4. The molecule has 1 unspecified atom stereocenters. The van der Waals surface area contributed by atoms with Crippen molar-refractivity contribution in [3.05, 3.63) is 29.8 Å². The van der Waals surface area contributed by atoms with Crippen LogP contribution in [-0.4, -0.2) is 43.6 Å². The summed E-state index contributed by atoms with van der Waals surface area (Å²) in [5.74, 6) is 0.881. The molecule has 1 aliphatic heterocycles. The van der Waals surface area contributed by atoms with E-state index < -0.39 is 0 Å². The molecule has 1 atom stereocenters. The molecule has 1 aliphatic rings. The molecule has 0 spiro atoms. The normalized spacial score (nSPS) is 20.3. The Balaban J connectivity index is 2.13. The molecule has 4 heteroatoms. The molecule has 1 aromatic carbocycles. The molecule has 18 heavy (non-hydrogen) atoms. The summed E-state index contributed by atoms with van der Waals surface area (Å²) < 4.78 is 5.10. The lowest BCUT2D eigenvalue weighted by Crippen LogP contribution is -2.41. The van der Waals surface area contributed by atoms with Gasteiger partial charge >= 0.3 is 0 Å².